The maximum atomic E-state index is 12.5. The van der Waals surface area contributed by atoms with Gasteiger partial charge in [0.05, 0.1) is 23.4 Å². The predicted molar refractivity (Wildman–Crippen MR) is 105 cm³/mol. The summed E-state index contributed by atoms with van der Waals surface area (Å²) < 4.78 is 5.76. The van der Waals surface area contributed by atoms with Crippen molar-refractivity contribution in [3.8, 4) is 5.75 Å². The zero-order valence-corrected chi connectivity index (χ0v) is 15.5. The lowest BCUT2D eigenvalue weighted by atomic mass is 10.1. The number of likely N-dealkylation sites (N-methyl/N-ethyl adjacent to an activating group) is 1. The predicted octanol–water partition coefficient (Wildman–Crippen LogP) is 2.77. The first kappa shape index (κ1) is 17.4. The first-order chi connectivity index (χ1) is 13.1. The molecule has 0 aliphatic carbocycles. The molecule has 2 aromatic carbocycles. The molecule has 4 rings (SSSR count). The van der Waals surface area contributed by atoms with E-state index in [1.807, 2.05) is 56.6 Å². The average molecular weight is 365 g/mol. The van der Waals surface area contributed by atoms with Crippen LogP contribution in [0.15, 0.2) is 48.8 Å². The molecule has 2 N–H and O–H groups in total. The highest BCUT2D eigenvalue weighted by Crippen LogP contribution is 2.32. The van der Waals surface area contributed by atoms with Crippen LogP contribution >= 0.6 is 0 Å². The van der Waals surface area contributed by atoms with E-state index in [0.717, 1.165) is 34.6 Å². The molecule has 1 fully saturated rings. The SMILES string of the molecule is CN(C)CCOc1ccc(C2CNC(=O)N2c2ccc3[nH]cnc3c2)cc1. The Morgan fingerprint density at radius 2 is 2.04 bits per heavy atom. The summed E-state index contributed by atoms with van der Waals surface area (Å²) in [4.78, 5) is 23.7. The molecule has 7 heteroatoms. The first-order valence-corrected chi connectivity index (χ1v) is 8.99. The molecular weight excluding hydrogens is 342 g/mol. The fourth-order valence-electron chi connectivity index (χ4n) is 3.27. The average Bonchev–Trinajstić information content (AvgIpc) is 3.27. The van der Waals surface area contributed by atoms with E-state index < -0.39 is 0 Å². The van der Waals surface area contributed by atoms with Crippen LogP contribution in [0.3, 0.4) is 0 Å². The molecule has 1 aromatic heterocycles. The monoisotopic (exact) mass is 365 g/mol. The second kappa shape index (κ2) is 7.28. The lowest BCUT2D eigenvalue weighted by Gasteiger charge is -2.23. The highest BCUT2D eigenvalue weighted by Gasteiger charge is 2.33. The minimum absolute atomic E-state index is 0.0651. The van der Waals surface area contributed by atoms with Crippen molar-refractivity contribution in [1.29, 1.82) is 0 Å². The van der Waals surface area contributed by atoms with Gasteiger partial charge in [-0.25, -0.2) is 9.78 Å². The van der Waals surface area contributed by atoms with Crippen molar-refractivity contribution in [3.63, 3.8) is 0 Å². The number of carbonyl (C=O) groups excluding carboxylic acids is 1. The van der Waals surface area contributed by atoms with Crippen LogP contribution in [0.2, 0.25) is 0 Å². The van der Waals surface area contributed by atoms with Crippen LogP contribution in [0, 0.1) is 0 Å². The lowest BCUT2D eigenvalue weighted by Crippen LogP contribution is -2.29. The number of fused-ring (bicyclic) bond motifs is 1. The number of carbonyl (C=O) groups is 1. The number of hydrogen-bond donors (Lipinski definition) is 2. The van der Waals surface area contributed by atoms with E-state index in [4.69, 9.17) is 4.74 Å². The molecule has 7 nitrogen and oxygen atoms in total. The standard InChI is InChI=1S/C20H23N5O2/c1-24(2)9-10-27-16-6-3-14(4-7-16)19-12-21-20(26)25(19)15-5-8-17-18(11-15)23-13-22-17/h3-8,11,13,19H,9-10,12H2,1-2H3,(H,21,26)(H,22,23). The van der Waals surface area contributed by atoms with Crippen molar-refractivity contribution in [1.82, 2.24) is 20.2 Å². The molecule has 1 unspecified atom stereocenters. The Morgan fingerprint density at radius 3 is 2.81 bits per heavy atom. The van der Waals surface area contributed by atoms with Gasteiger partial charge in [0, 0.05) is 18.8 Å². The minimum atomic E-state index is -0.0961. The number of hydrogen-bond acceptors (Lipinski definition) is 4. The van der Waals surface area contributed by atoms with Gasteiger partial charge in [-0.05, 0) is 50.0 Å². The summed E-state index contributed by atoms with van der Waals surface area (Å²) in [6.07, 6.45) is 1.66. The minimum Gasteiger partial charge on any atom is -0.492 e. The Bertz CT molecular complexity index is 935. The summed E-state index contributed by atoms with van der Waals surface area (Å²) in [5, 5.41) is 2.94. The summed E-state index contributed by atoms with van der Waals surface area (Å²) >= 11 is 0. The van der Waals surface area contributed by atoms with E-state index in [0.29, 0.717) is 13.2 Å². The van der Waals surface area contributed by atoms with E-state index in [1.165, 1.54) is 0 Å². The summed E-state index contributed by atoms with van der Waals surface area (Å²) in [5.41, 5.74) is 3.70. The number of aromatic nitrogens is 2. The number of H-pyrrole nitrogens is 1. The third-order valence-electron chi connectivity index (χ3n) is 4.73. The number of nitrogens with zero attached hydrogens (tertiary/aromatic N) is 3. The number of benzene rings is 2. The third kappa shape index (κ3) is 3.59. The fourth-order valence-corrected chi connectivity index (χ4v) is 3.27. The van der Waals surface area contributed by atoms with Crippen LogP contribution in [0.25, 0.3) is 11.0 Å². The number of amides is 2. The smallest absolute Gasteiger partial charge is 0.322 e. The van der Waals surface area contributed by atoms with E-state index in [9.17, 15) is 4.79 Å². The Kier molecular flexibility index (Phi) is 4.68. The van der Waals surface area contributed by atoms with Gasteiger partial charge < -0.3 is 19.9 Å². The van der Waals surface area contributed by atoms with Crippen molar-refractivity contribution >= 4 is 22.8 Å². The van der Waals surface area contributed by atoms with Gasteiger partial charge in [0.2, 0.25) is 0 Å². The van der Waals surface area contributed by atoms with Gasteiger partial charge in [-0.15, -0.1) is 0 Å². The second-order valence-electron chi connectivity index (χ2n) is 6.90. The molecule has 27 heavy (non-hydrogen) atoms. The maximum absolute atomic E-state index is 12.5. The molecule has 1 atom stereocenters. The molecule has 1 aliphatic rings. The van der Waals surface area contributed by atoms with Crippen LogP contribution in [0.5, 0.6) is 5.75 Å². The molecule has 3 aromatic rings. The highest BCUT2D eigenvalue weighted by atomic mass is 16.5. The number of imidazole rings is 1. The highest BCUT2D eigenvalue weighted by molar-refractivity contribution is 5.97. The van der Waals surface area contributed by atoms with Crippen molar-refractivity contribution in [3.05, 3.63) is 54.4 Å². The van der Waals surface area contributed by atoms with Gasteiger partial charge in [0.1, 0.15) is 12.4 Å². The number of aromatic amines is 1. The summed E-state index contributed by atoms with van der Waals surface area (Å²) in [6, 6.07) is 13.6. The normalized spacial score (nSPS) is 16.9. The van der Waals surface area contributed by atoms with Gasteiger partial charge in [0.25, 0.3) is 0 Å². The molecule has 140 valence electrons. The van der Waals surface area contributed by atoms with Crippen LogP contribution in [-0.4, -0.2) is 54.7 Å². The molecule has 1 aliphatic heterocycles. The quantitative estimate of drug-likeness (QED) is 0.704. The van der Waals surface area contributed by atoms with Crippen molar-refractivity contribution < 1.29 is 9.53 Å². The number of rotatable bonds is 6. The summed E-state index contributed by atoms with van der Waals surface area (Å²) in [6.45, 7) is 2.08. The maximum Gasteiger partial charge on any atom is 0.322 e. The zero-order valence-electron chi connectivity index (χ0n) is 15.5. The van der Waals surface area contributed by atoms with Crippen molar-refractivity contribution in [2.45, 2.75) is 6.04 Å². The number of urea groups is 1. The van der Waals surface area contributed by atoms with Gasteiger partial charge in [0.15, 0.2) is 0 Å². The van der Waals surface area contributed by atoms with Crippen LogP contribution in [-0.2, 0) is 0 Å². The fraction of sp³-hybridized carbons (Fsp3) is 0.300. The molecule has 0 radical (unpaired) electrons. The third-order valence-corrected chi connectivity index (χ3v) is 4.73. The van der Waals surface area contributed by atoms with E-state index >= 15 is 0 Å². The molecule has 0 spiro atoms. The Hall–Kier alpha value is -3.06. The lowest BCUT2D eigenvalue weighted by molar-refractivity contribution is 0.251. The topological polar surface area (TPSA) is 73.5 Å². The largest absolute Gasteiger partial charge is 0.492 e. The Balaban J connectivity index is 1.54. The van der Waals surface area contributed by atoms with Crippen molar-refractivity contribution in [2.75, 3.05) is 38.7 Å². The Labute approximate surface area is 157 Å². The van der Waals surface area contributed by atoms with Crippen LogP contribution in [0.4, 0.5) is 10.5 Å². The zero-order chi connectivity index (χ0) is 18.8. The second-order valence-corrected chi connectivity index (χ2v) is 6.90. The van der Waals surface area contributed by atoms with E-state index in [-0.39, 0.29) is 12.1 Å². The van der Waals surface area contributed by atoms with Crippen LogP contribution in [0.1, 0.15) is 11.6 Å². The van der Waals surface area contributed by atoms with E-state index in [1.54, 1.807) is 11.2 Å². The first-order valence-electron chi connectivity index (χ1n) is 8.99. The number of ether oxygens (including phenoxy) is 1. The Morgan fingerprint density at radius 1 is 1.22 bits per heavy atom. The molecule has 0 bridgehead atoms. The number of nitrogens with one attached hydrogen (secondary N) is 2. The summed E-state index contributed by atoms with van der Waals surface area (Å²) in [7, 11) is 4.04. The molecule has 2 amide bonds. The summed E-state index contributed by atoms with van der Waals surface area (Å²) in [5.74, 6) is 0.836. The number of anilines is 1. The van der Waals surface area contributed by atoms with Gasteiger partial charge in [-0.3, -0.25) is 4.90 Å². The van der Waals surface area contributed by atoms with Gasteiger partial charge >= 0.3 is 6.03 Å². The van der Waals surface area contributed by atoms with E-state index in [2.05, 4.69) is 20.2 Å². The van der Waals surface area contributed by atoms with Crippen molar-refractivity contribution in [2.24, 2.45) is 0 Å². The van der Waals surface area contributed by atoms with Gasteiger partial charge in [-0.1, -0.05) is 12.1 Å². The molecule has 0 saturated carbocycles. The van der Waals surface area contributed by atoms with Gasteiger partial charge in [-0.2, -0.15) is 0 Å². The van der Waals surface area contributed by atoms with Crippen LogP contribution < -0.4 is 15.0 Å². The molecular formula is C20H23N5O2. The molecule has 2 heterocycles. The molecule has 1 saturated heterocycles.